The van der Waals surface area contributed by atoms with Crippen LogP contribution < -0.4 is 20.1 Å². The van der Waals surface area contributed by atoms with Gasteiger partial charge in [-0.05, 0) is 48.8 Å². The number of ether oxygens (including phenoxy) is 1. The SMILES string of the molecule is CCCOc1ccc(CC(=O)NC(CC)c2ccoc2)cc1S(=O)(=O)NC(=S)NC. The van der Waals surface area contributed by atoms with Gasteiger partial charge in [0.1, 0.15) is 10.6 Å². The van der Waals surface area contributed by atoms with Crippen LogP contribution in [0.2, 0.25) is 0 Å². The molecule has 1 atom stereocenters. The summed E-state index contributed by atoms with van der Waals surface area (Å²) < 4.78 is 38.5. The number of rotatable bonds is 10. The Hall–Kier alpha value is -2.59. The number of amides is 1. The summed E-state index contributed by atoms with van der Waals surface area (Å²) in [6.45, 7) is 4.24. The van der Waals surface area contributed by atoms with Gasteiger partial charge >= 0.3 is 0 Å². The van der Waals surface area contributed by atoms with Crippen molar-refractivity contribution in [2.75, 3.05) is 13.7 Å². The molecule has 3 N–H and O–H groups in total. The highest BCUT2D eigenvalue weighted by Crippen LogP contribution is 2.26. The molecule has 1 aromatic heterocycles. The lowest BCUT2D eigenvalue weighted by atomic mass is 10.1. The van der Waals surface area contributed by atoms with Gasteiger partial charge in [0, 0.05) is 12.6 Å². The zero-order valence-corrected chi connectivity index (χ0v) is 18.9. The predicted octanol–water partition coefficient (Wildman–Crippen LogP) is 2.66. The van der Waals surface area contributed by atoms with Gasteiger partial charge in [0.15, 0.2) is 5.11 Å². The van der Waals surface area contributed by atoms with Crippen molar-refractivity contribution in [1.82, 2.24) is 15.4 Å². The van der Waals surface area contributed by atoms with Gasteiger partial charge in [-0.1, -0.05) is 19.9 Å². The highest BCUT2D eigenvalue weighted by atomic mass is 32.2. The van der Waals surface area contributed by atoms with Crippen LogP contribution in [0.15, 0.2) is 46.1 Å². The second-order valence-electron chi connectivity index (χ2n) is 6.58. The summed E-state index contributed by atoms with van der Waals surface area (Å²) in [5.41, 5.74) is 1.41. The number of furan rings is 1. The standard InChI is InChI=1S/C20H27N3O5S2/c1-4-9-28-17-7-6-14(11-18(17)30(25,26)23-20(29)21-3)12-19(24)22-16(5-2)15-8-10-27-13-15/h6-8,10-11,13,16H,4-5,9,12H2,1-3H3,(H,22,24)(H2,21,23,29). The molecule has 1 heterocycles. The molecule has 0 spiro atoms. The molecule has 8 nitrogen and oxygen atoms in total. The Balaban J connectivity index is 2.24. The Labute approximate surface area is 182 Å². The molecule has 164 valence electrons. The van der Waals surface area contributed by atoms with E-state index in [2.05, 4.69) is 15.4 Å². The lowest BCUT2D eigenvalue weighted by Gasteiger charge is -2.17. The molecule has 0 bridgehead atoms. The summed E-state index contributed by atoms with van der Waals surface area (Å²) in [5.74, 6) is -0.0235. The maximum absolute atomic E-state index is 12.8. The number of thiocarbonyl (C=S) groups is 1. The summed E-state index contributed by atoms with van der Waals surface area (Å²) in [6.07, 6.45) is 4.58. The van der Waals surface area contributed by atoms with Crippen LogP contribution in [0.3, 0.4) is 0 Å². The van der Waals surface area contributed by atoms with Gasteiger partial charge in [-0.15, -0.1) is 0 Å². The Kier molecular flexibility index (Phi) is 8.67. The number of sulfonamides is 1. The molecule has 1 amide bonds. The average molecular weight is 454 g/mol. The fourth-order valence-corrected chi connectivity index (χ4v) is 4.24. The third kappa shape index (κ3) is 6.46. The molecule has 2 aromatic rings. The molecule has 0 aliphatic carbocycles. The normalized spacial score (nSPS) is 12.1. The van der Waals surface area contributed by atoms with E-state index in [1.807, 2.05) is 13.8 Å². The highest BCUT2D eigenvalue weighted by molar-refractivity contribution is 7.92. The third-order valence-corrected chi connectivity index (χ3v) is 6.07. The Morgan fingerprint density at radius 1 is 1.27 bits per heavy atom. The second-order valence-corrected chi connectivity index (χ2v) is 8.64. The summed E-state index contributed by atoms with van der Waals surface area (Å²) in [6, 6.07) is 6.29. The van der Waals surface area contributed by atoms with Crippen molar-refractivity contribution in [2.24, 2.45) is 0 Å². The van der Waals surface area contributed by atoms with Crippen LogP contribution >= 0.6 is 12.2 Å². The van der Waals surface area contributed by atoms with Crippen LogP contribution in [-0.2, 0) is 21.2 Å². The summed E-state index contributed by atoms with van der Waals surface area (Å²) in [4.78, 5) is 12.5. The van der Waals surface area contributed by atoms with Crippen LogP contribution in [0.1, 0.15) is 43.9 Å². The first-order valence-electron chi connectivity index (χ1n) is 9.62. The number of hydrogen-bond acceptors (Lipinski definition) is 6. The van der Waals surface area contributed by atoms with E-state index in [1.165, 1.54) is 13.1 Å². The van der Waals surface area contributed by atoms with Crippen molar-refractivity contribution >= 4 is 33.3 Å². The van der Waals surface area contributed by atoms with Crippen molar-refractivity contribution in [2.45, 2.75) is 44.0 Å². The molecular weight excluding hydrogens is 426 g/mol. The number of nitrogens with one attached hydrogen (secondary N) is 3. The van der Waals surface area contributed by atoms with E-state index in [-0.39, 0.29) is 34.1 Å². The number of carbonyl (C=O) groups excluding carboxylic acids is 1. The molecule has 10 heteroatoms. The van der Waals surface area contributed by atoms with Crippen LogP contribution in [-0.4, -0.2) is 33.1 Å². The third-order valence-electron chi connectivity index (χ3n) is 4.27. The van der Waals surface area contributed by atoms with Crippen molar-refractivity contribution in [1.29, 1.82) is 0 Å². The quantitative estimate of drug-likeness (QED) is 0.475. The van der Waals surface area contributed by atoms with E-state index in [9.17, 15) is 13.2 Å². The first-order chi connectivity index (χ1) is 14.3. The molecule has 0 radical (unpaired) electrons. The molecule has 0 saturated carbocycles. The summed E-state index contributed by atoms with van der Waals surface area (Å²) in [7, 11) is -2.46. The topological polar surface area (TPSA) is 110 Å². The lowest BCUT2D eigenvalue weighted by Crippen LogP contribution is -2.37. The zero-order chi connectivity index (χ0) is 22.1. The molecule has 0 aliphatic rings. The van der Waals surface area contributed by atoms with Gasteiger partial charge in [-0.3, -0.25) is 9.52 Å². The van der Waals surface area contributed by atoms with Crippen LogP contribution in [0.25, 0.3) is 0 Å². The van der Waals surface area contributed by atoms with E-state index >= 15 is 0 Å². The van der Waals surface area contributed by atoms with Gasteiger partial charge in [-0.2, -0.15) is 0 Å². The smallest absolute Gasteiger partial charge is 0.267 e. The molecule has 30 heavy (non-hydrogen) atoms. The lowest BCUT2D eigenvalue weighted by molar-refractivity contribution is -0.121. The fourth-order valence-electron chi connectivity index (χ4n) is 2.76. The van der Waals surface area contributed by atoms with Crippen LogP contribution in [0.5, 0.6) is 5.75 Å². The van der Waals surface area contributed by atoms with Gasteiger partial charge < -0.3 is 19.8 Å². The maximum Gasteiger partial charge on any atom is 0.267 e. The monoisotopic (exact) mass is 453 g/mol. The number of hydrogen-bond donors (Lipinski definition) is 3. The van der Waals surface area contributed by atoms with Gasteiger partial charge in [0.25, 0.3) is 10.0 Å². The van der Waals surface area contributed by atoms with Crippen molar-refractivity contribution in [3.8, 4) is 5.75 Å². The summed E-state index contributed by atoms with van der Waals surface area (Å²) >= 11 is 4.92. The van der Waals surface area contributed by atoms with Gasteiger partial charge in [-0.25, -0.2) is 8.42 Å². The van der Waals surface area contributed by atoms with Crippen LogP contribution in [0, 0.1) is 0 Å². The van der Waals surface area contributed by atoms with E-state index in [0.717, 1.165) is 12.0 Å². The van der Waals surface area contributed by atoms with E-state index in [0.29, 0.717) is 18.6 Å². The highest BCUT2D eigenvalue weighted by Gasteiger charge is 2.22. The molecule has 0 aliphatic heterocycles. The molecule has 1 unspecified atom stereocenters. The molecule has 2 rings (SSSR count). The van der Waals surface area contributed by atoms with Crippen LogP contribution in [0.4, 0.5) is 0 Å². The maximum atomic E-state index is 12.8. The molecule has 1 aromatic carbocycles. The van der Waals surface area contributed by atoms with Gasteiger partial charge in [0.05, 0.1) is 31.6 Å². The molecular formula is C20H27N3O5S2. The van der Waals surface area contributed by atoms with E-state index in [4.69, 9.17) is 21.4 Å². The average Bonchev–Trinajstić information content (AvgIpc) is 3.25. The van der Waals surface area contributed by atoms with Crippen molar-refractivity contribution < 1.29 is 22.4 Å². The second kappa shape index (κ2) is 11.0. The Morgan fingerprint density at radius 2 is 2.03 bits per heavy atom. The van der Waals surface area contributed by atoms with E-state index in [1.54, 1.807) is 30.7 Å². The Bertz CT molecular complexity index is 959. The first-order valence-corrected chi connectivity index (χ1v) is 11.5. The minimum Gasteiger partial charge on any atom is -0.492 e. The Morgan fingerprint density at radius 3 is 2.63 bits per heavy atom. The largest absolute Gasteiger partial charge is 0.492 e. The van der Waals surface area contributed by atoms with E-state index < -0.39 is 10.0 Å². The van der Waals surface area contributed by atoms with Crippen molar-refractivity contribution in [3.63, 3.8) is 0 Å². The molecule has 0 fully saturated rings. The van der Waals surface area contributed by atoms with Gasteiger partial charge in [0.2, 0.25) is 5.91 Å². The minimum absolute atomic E-state index is 0.0153. The zero-order valence-electron chi connectivity index (χ0n) is 17.2. The number of benzene rings is 1. The molecule has 0 saturated heterocycles. The minimum atomic E-state index is -3.98. The first kappa shape index (κ1) is 23.7. The summed E-state index contributed by atoms with van der Waals surface area (Å²) in [5, 5.41) is 5.47. The predicted molar refractivity (Wildman–Crippen MR) is 118 cm³/mol. The number of carbonyl (C=O) groups is 1. The van der Waals surface area contributed by atoms with Crippen molar-refractivity contribution in [3.05, 3.63) is 47.9 Å². The fraction of sp³-hybridized carbons (Fsp3) is 0.400.